The van der Waals surface area contributed by atoms with Crippen molar-refractivity contribution in [3.8, 4) is 11.3 Å². The second-order valence-electron chi connectivity index (χ2n) is 6.55. The SMILES string of the molecule is C[C@H]1CCC[C@H](C)N1C(=O)CS(=O)(=O)c1nc(-c2ccccc2)cs1. The molecule has 0 spiro atoms. The third-order valence-electron chi connectivity index (χ3n) is 4.61. The molecule has 134 valence electrons. The number of carbonyl (C=O) groups is 1. The number of piperidine rings is 1. The van der Waals surface area contributed by atoms with Gasteiger partial charge in [-0.05, 0) is 33.1 Å². The molecule has 0 radical (unpaired) electrons. The summed E-state index contributed by atoms with van der Waals surface area (Å²) in [6.07, 6.45) is 2.92. The van der Waals surface area contributed by atoms with Crippen LogP contribution in [0.2, 0.25) is 0 Å². The lowest BCUT2D eigenvalue weighted by molar-refractivity contribution is -0.134. The topological polar surface area (TPSA) is 67.3 Å². The van der Waals surface area contributed by atoms with Gasteiger partial charge in [0.05, 0.1) is 5.69 Å². The number of aromatic nitrogens is 1. The van der Waals surface area contributed by atoms with Crippen LogP contribution in [0.3, 0.4) is 0 Å². The van der Waals surface area contributed by atoms with E-state index in [0.717, 1.165) is 36.2 Å². The lowest BCUT2D eigenvalue weighted by Gasteiger charge is -2.39. The standard InChI is InChI=1S/C18H22N2O3S2/c1-13-7-6-8-14(2)20(13)17(21)12-25(22,23)18-19-16(11-24-18)15-9-4-3-5-10-15/h3-5,9-11,13-14H,6-8,12H2,1-2H3/t13-,14-/m0/s1. The van der Waals surface area contributed by atoms with Crippen LogP contribution in [-0.2, 0) is 14.6 Å². The summed E-state index contributed by atoms with van der Waals surface area (Å²) < 4.78 is 25.3. The van der Waals surface area contributed by atoms with Gasteiger partial charge >= 0.3 is 0 Å². The fraction of sp³-hybridized carbons (Fsp3) is 0.444. The third-order valence-corrected chi connectivity index (χ3v) is 7.55. The Bertz CT molecular complexity index is 836. The van der Waals surface area contributed by atoms with Crippen molar-refractivity contribution in [3.05, 3.63) is 35.7 Å². The van der Waals surface area contributed by atoms with E-state index >= 15 is 0 Å². The minimum absolute atomic E-state index is 0.0111. The highest BCUT2D eigenvalue weighted by Gasteiger charge is 2.33. The molecule has 1 aromatic heterocycles. The third kappa shape index (κ3) is 3.93. The summed E-state index contributed by atoms with van der Waals surface area (Å²) in [5.41, 5.74) is 1.49. The van der Waals surface area contributed by atoms with E-state index in [-0.39, 0.29) is 22.3 Å². The quantitative estimate of drug-likeness (QED) is 0.818. The van der Waals surface area contributed by atoms with E-state index in [2.05, 4.69) is 4.98 Å². The van der Waals surface area contributed by atoms with Crippen molar-refractivity contribution in [2.45, 2.75) is 49.5 Å². The van der Waals surface area contributed by atoms with Crippen molar-refractivity contribution >= 4 is 27.1 Å². The lowest BCUT2D eigenvalue weighted by atomic mass is 9.98. The number of likely N-dealkylation sites (tertiary alicyclic amines) is 1. The van der Waals surface area contributed by atoms with Gasteiger partial charge in [-0.3, -0.25) is 4.79 Å². The average Bonchev–Trinajstić information content (AvgIpc) is 3.06. The maximum Gasteiger partial charge on any atom is 0.238 e. The Labute approximate surface area is 152 Å². The Morgan fingerprint density at radius 3 is 2.48 bits per heavy atom. The van der Waals surface area contributed by atoms with E-state index in [1.807, 2.05) is 44.2 Å². The number of nitrogens with zero attached hydrogens (tertiary/aromatic N) is 2. The van der Waals surface area contributed by atoms with Crippen LogP contribution in [0.5, 0.6) is 0 Å². The molecule has 25 heavy (non-hydrogen) atoms. The van der Waals surface area contributed by atoms with Crippen molar-refractivity contribution in [3.63, 3.8) is 0 Å². The van der Waals surface area contributed by atoms with Crippen LogP contribution >= 0.6 is 11.3 Å². The Kier molecular flexibility index (Phi) is 5.24. The van der Waals surface area contributed by atoms with Crippen molar-refractivity contribution in [2.24, 2.45) is 0 Å². The molecule has 1 saturated heterocycles. The molecule has 1 aromatic carbocycles. The van der Waals surface area contributed by atoms with Crippen molar-refractivity contribution < 1.29 is 13.2 Å². The summed E-state index contributed by atoms with van der Waals surface area (Å²) in [5.74, 6) is -0.833. The molecule has 0 bridgehead atoms. The number of carbonyl (C=O) groups excluding carboxylic acids is 1. The Morgan fingerprint density at radius 1 is 1.20 bits per heavy atom. The summed E-state index contributed by atoms with van der Waals surface area (Å²) in [6.45, 7) is 3.97. The van der Waals surface area contributed by atoms with Gasteiger partial charge in [0, 0.05) is 23.0 Å². The number of amides is 1. The first kappa shape index (κ1) is 18.1. The molecule has 1 fully saturated rings. The molecule has 2 aromatic rings. The van der Waals surface area contributed by atoms with E-state index in [0.29, 0.717) is 5.69 Å². The minimum atomic E-state index is -3.73. The monoisotopic (exact) mass is 378 g/mol. The van der Waals surface area contributed by atoms with E-state index in [1.54, 1.807) is 10.3 Å². The molecule has 1 aliphatic heterocycles. The normalized spacial score (nSPS) is 21.3. The summed E-state index contributed by atoms with van der Waals surface area (Å²) in [4.78, 5) is 18.6. The highest BCUT2D eigenvalue weighted by atomic mass is 32.2. The molecule has 2 atom stereocenters. The number of benzene rings is 1. The fourth-order valence-corrected chi connectivity index (χ4v) is 5.65. The van der Waals surface area contributed by atoms with Crippen molar-refractivity contribution in [1.29, 1.82) is 0 Å². The van der Waals surface area contributed by atoms with E-state index < -0.39 is 15.6 Å². The van der Waals surface area contributed by atoms with Gasteiger partial charge in [-0.15, -0.1) is 11.3 Å². The van der Waals surface area contributed by atoms with Crippen molar-refractivity contribution in [2.75, 3.05) is 5.75 Å². The van der Waals surface area contributed by atoms with Crippen LogP contribution in [0.25, 0.3) is 11.3 Å². The second kappa shape index (κ2) is 7.25. The maximum atomic E-state index is 12.6. The van der Waals surface area contributed by atoms with Gasteiger partial charge in [0.15, 0.2) is 0 Å². The summed E-state index contributed by atoms with van der Waals surface area (Å²) >= 11 is 1.07. The highest BCUT2D eigenvalue weighted by Crippen LogP contribution is 2.27. The van der Waals surface area contributed by atoms with Crippen LogP contribution in [-0.4, -0.2) is 42.0 Å². The Morgan fingerprint density at radius 2 is 1.84 bits per heavy atom. The lowest BCUT2D eigenvalue weighted by Crippen LogP contribution is -2.49. The predicted molar refractivity (Wildman–Crippen MR) is 99.2 cm³/mol. The first-order valence-electron chi connectivity index (χ1n) is 8.43. The molecule has 2 heterocycles. The Hall–Kier alpha value is -1.73. The molecule has 1 amide bonds. The molecule has 0 N–H and O–H groups in total. The average molecular weight is 379 g/mol. The molecule has 3 rings (SSSR count). The minimum Gasteiger partial charge on any atom is -0.336 e. The van der Waals surface area contributed by atoms with E-state index in [1.165, 1.54) is 0 Å². The van der Waals surface area contributed by atoms with Crippen LogP contribution in [0.15, 0.2) is 40.1 Å². The number of rotatable bonds is 4. The van der Waals surface area contributed by atoms with Crippen molar-refractivity contribution in [1.82, 2.24) is 9.88 Å². The van der Waals surface area contributed by atoms with Crippen LogP contribution in [0.1, 0.15) is 33.1 Å². The van der Waals surface area contributed by atoms with Crippen LogP contribution in [0, 0.1) is 0 Å². The van der Waals surface area contributed by atoms with E-state index in [9.17, 15) is 13.2 Å². The van der Waals surface area contributed by atoms with Gasteiger partial charge in [0.2, 0.25) is 20.1 Å². The second-order valence-corrected chi connectivity index (χ2v) is 9.58. The molecule has 0 saturated carbocycles. The molecule has 1 aliphatic rings. The van der Waals surface area contributed by atoms with Crippen LogP contribution < -0.4 is 0 Å². The first-order valence-corrected chi connectivity index (χ1v) is 11.0. The molecule has 0 aliphatic carbocycles. The number of thiazole rings is 1. The number of hydrogen-bond donors (Lipinski definition) is 0. The summed E-state index contributed by atoms with van der Waals surface area (Å²) in [7, 11) is -3.73. The molecule has 0 unspecified atom stereocenters. The van der Waals surface area contributed by atoms with Gasteiger partial charge in [0.25, 0.3) is 0 Å². The summed E-state index contributed by atoms with van der Waals surface area (Å²) in [5, 5.41) is 1.72. The number of hydrogen-bond acceptors (Lipinski definition) is 5. The largest absolute Gasteiger partial charge is 0.336 e. The highest BCUT2D eigenvalue weighted by molar-refractivity contribution is 7.94. The fourth-order valence-electron chi connectivity index (χ4n) is 3.35. The number of sulfone groups is 1. The zero-order valence-electron chi connectivity index (χ0n) is 14.4. The van der Waals surface area contributed by atoms with E-state index in [4.69, 9.17) is 0 Å². The van der Waals surface area contributed by atoms with Gasteiger partial charge in [-0.2, -0.15) is 0 Å². The predicted octanol–water partition coefficient (Wildman–Crippen LogP) is 3.37. The zero-order valence-corrected chi connectivity index (χ0v) is 16.0. The molecule has 7 heteroatoms. The molecule has 5 nitrogen and oxygen atoms in total. The first-order chi connectivity index (χ1) is 11.9. The maximum absolute atomic E-state index is 12.6. The van der Waals surface area contributed by atoms with Gasteiger partial charge in [0.1, 0.15) is 5.75 Å². The van der Waals surface area contributed by atoms with Gasteiger partial charge in [-0.25, -0.2) is 13.4 Å². The molecular weight excluding hydrogens is 356 g/mol. The van der Waals surface area contributed by atoms with Gasteiger partial charge < -0.3 is 4.90 Å². The Balaban J connectivity index is 1.78. The van der Waals surface area contributed by atoms with Crippen LogP contribution in [0.4, 0.5) is 0 Å². The van der Waals surface area contributed by atoms with Gasteiger partial charge in [-0.1, -0.05) is 30.3 Å². The molecular formula is C18H22N2O3S2. The zero-order chi connectivity index (χ0) is 18.0. The summed E-state index contributed by atoms with van der Waals surface area (Å²) in [6, 6.07) is 9.59. The smallest absolute Gasteiger partial charge is 0.238 e.